The summed E-state index contributed by atoms with van der Waals surface area (Å²) in [5.74, 6) is 0.640. The first-order valence-corrected chi connectivity index (χ1v) is 4.38. The summed E-state index contributed by atoms with van der Waals surface area (Å²) in [5, 5.41) is 2.45. The Morgan fingerprint density at radius 3 is 2.75 bits per heavy atom. The highest BCUT2D eigenvalue weighted by atomic mass is 35.5. The molecule has 0 aromatic carbocycles. The van der Waals surface area contributed by atoms with Gasteiger partial charge in [-0.1, -0.05) is 0 Å². The van der Waals surface area contributed by atoms with Crippen LogP contribution in [0.2, 0.25) is 0 Å². The van der Waals surface area contributed by atoms with Crippen molar-refractivity contribution in [3.8, 4) is 0 Å². The summed E-state index contributed by atoms with van der Waals surface area (Å²) in [6.07, 6.45) is 0. The molecule has 1 heterocycles. The fraction of sp³-hybridized carbons (Fsp3) is 0.200. The van der Waals surface area contributed by atoms with E-state index in [1.54, 1.807) is 0 Å². The highest BCUT2D eigenvalue weighted by molar-refractivity contribution is 7.79. The fourth-order valence-electron chi connectivity index (χ4n) is 0.531. The van der Waals surface area contributed by atoms with Gasteiger partial charge in [0.1, 0.15) is 0 Å². The molecule has 4 nitrogen and oxygen atoms in total. The van der Waals surface area contributed by atoms with E-state index < -0.39 is 0 Å². The first kappa shape index (κ1) is 11.5. The minimum atomic E-state index is 0. The van der Waals surface area contributed by atoms with Crippen molar-refractivity contribution in [1.29, 1.82) is 0 Å². The van der Waals surface area contributed by atoms with Crippen LogP contribution in [0.5, 0.6) is 0 Å². The van der Waals surface area contributed by atoms with Crippen molar-refractivity contribution < 1.29 is 0 Å². The van der Waals surface area contributed by atoms with Gasteiger partial charge in [0.25, 0.3) is 0 Å². The van der Waals surface area contributed by atoms with Gasteiger partial charge in [-0.05, 0) is 0 Å². The van der Waals surface area contributed by atoms with E-state index in [0.717, 1.165) is 5.69 Å². The van der Waals surface area contributed by atoms with Gasteiger partial charge in [0, 0.05) is 11.1 Å². The monoisotopic (exact) mass is 224 g/mol. The van der Waals surface area contributed by atoms with E-state index in [0.29, 0.717) is 10.9 Å². The van der Waals surface area contributed by atoms with E-state index in [1.807, 2.05) is 5.38 Å². The van der Waals surface area contributed by atoms with Crippen LogP contribution in [0.25, 0.3) is 0 Å². The number of aromatic nitrogens is 1. The smallest absolute Gasteiger partial charge is 0.212 e. The van der Waals surface area contributed by atoms with Crippen molar-refractivity contribution in [2.24, 2.45) is 16.5 Å². The lowest BCUT2D eigenvalue weighted by atomic mass is 10.6. The van der Waals surface area contributed by atoms with Crippen molar-refractivity contribution in [3.63, 3.8) is 0 Å². The minimum Gasteiger partial charge on any atom is -0.370 e. The number of halogens is 1. The molecule has 68 valence electrons. The molecule has 1 aromatic heterocycles. The second-order valence-corrected chi connectivity index (χ2v) is 2.97. The number of aliphatic imine (C=N–C) groups is 1. The molecule has 7 heteroatoms. The molecule has 0 aliphatic carbocycles. The summed E-state index contributed by atoms with van der Waals surface area (Å²) in [5.41, 5.74) is 11.2. The molecule has 1 rings (SSSR count). The maximum absolute atomic E-state index is 5.15. The zero-order chi connectivity index (χ0) is 8.27. The lowest BCUT2D eigenvalue weighted by Gasteiger charge is -1.85. The van der Waals surface area contributed by atoms with Crippen LogP contribution in [0, 0.1) is 0 Å². The van der Waals surface area contributed by atoms with E-state index in [-0.39, 0.29) is 18.4 Å². The third-order valence-electron chi connectivity index (χ3n) is 0.926. The normalized spacial score (nSPS) is 8.75. The summed E-state index contributed by atoms with van der Waals surface area (Å²) in [7, 11) is 0. The van der Waals surface area contributed by atoms with Crippen molar-refractivity contribution >= 4 is 47.5 Å². The van der Waals surface area contributed by atoms with Crippen LogP contribution < -0.4 is 11.5 Å². The summed E-state index contributed by atoms with van der Waals surface area (Å²) >= 11 is 5.44. The molecule has 0 unspecified atom stereocenters. The Balaban J connectivity index is 0.00000121. The lowest BCUT2D eigenvalue weighted by molar-refractivity contribution is 1.22. The summed E-state index contributed by atoms with van der Waals surface area (Å²) in [4.78, 5) is 7.84. The number of nitrogens with two attached hydrogens (primary N) is 2. The molecule has 0 atom stereocenters. The third-order valence-corrected chi connectivity index (χ3v) is 2.03. The van der Waals surface area contributed by atoms with Crippen molar-refractivity contribution in [2.75, 3.05) is 0 Å². The Kier molecular flexibility index (Phi) is 5.03. The average Bonchev–Trinajstić information content (AvgIpc) is 2.34. The molecule has 0 aliphatic heterocycles. The molecular formula is C5H9ClN4S2. The highest BCUT2D eigenvalue weighted by Crippen LogP contribution is 2.18. The van der Waals surface area contributed by atoms with Gasteiger partial charge in [-0.15, -0.1) is 23.7 Å². The number of nitrogens with zero attached hydrogens (tertiary/aromatic N) is 2. The van der Waals surface area contributed by atoms with Gasteiger partial charge in [-0.25, -0.2) is 4.98 Å². The van der Waals surface area contributed by atoms with Gasteiger partial charge in [0.05, 0.1) is 5.69 Å². The topological polar surface area (TPSA) is 77.3 Å². The number of hydrogen-bond donors (Lipinski definition) is 3. The molecular weight excluding hydrogens is 216 g/mol. The first-order valence-electron chi connectivity index (χ1n) is 2.87. The van der Waals surface area contributed by atoms with Crippen LogP contribution in [-0.2, 0) is 5.75 Å². The molecule has 0 radical (unpaired) electrons. The zero-order valence-corrected chi connectivity index (χ0v) is 8.62. The van der Waals surface area contributed by atoms with Crippen LogP contribution in [0.15, 0.2) is 10.4 Å². The molecule has 0 aliphatic rings. The summed E-state index contributed by atoms with van der Waals surface area (Å²) < 4.78 is 0. The fourth-order valence-corrected chi connectivity index (χ4v) is 1.52. The molecule has 0 bridgehead atoms. The Labute approximate surface area is 85.9 Å². The van der Waals surface area contributed by atoms with Crippen LogP contribution >= 0.6 is 36.4 Å². The zero-order valence-electron chi connectivity index (χ0n) is 6.10. The maximum Gasteiger partial charge on any atom is 0.212 e. The number of guanidine groups is 1. The number of thiol groups is 1. The van der Waals surface area contributed by atoms with Crippen LogP contribution in [0.3, 0.4) is 0 Å². The number of rotatable bonds is 2. The van der Waals surface area contributed by atoms with Gasteiger partial charge in [-0.2, -0.15) is 17.6 Å². The molecule has 4 N–H and O–H groups in total. The van der Waals surface area contributed by atoms with Crippen LogP contribution in [0.1, 0.15) is 5.69 Å². The van der Waals surface area contributed by atoms with Gasteiger partial charge in [-0.3, -0.25) is 0 Å². The first-order chi connectivity index (χ1) is 5.22. The summed E-state index contributed by atoms with van der Waals surface area (Å²) in [6, 6.07) is 0. The van der Waals surface area contributed by atoms with Gasteiger partial charge in [0.15, 0.2) is 5.96 Å². The van der Waals surface area contributed by atoms with Gasteiger partial charge < -0.3 is 11.5 Å². The number of hydrogen-bond acceptors (Lipinski definition) is 4. The SMILES string of the molecule is Cl.NC(N)=Nc1nc(CS)cs1. The molecule has 0 amide bonds. The van der Waals surface area contributed by atoms with Crippen molar-refractivity contribution in [2.45, 2.75) is 5.75 Å². The van der Waals surface area contributed by atoms with Crippen LogP contribution in [-0.4, -0.2) is 10.9 Å². The van der Waals surface area contributed by atoms with Crippen molar-refractivity contribution in [3.05, 3.63) is 11.1 Å². The van der Waals surface area contributed by atoms with Crippen LogP contribution in [0.4, 0.5) is 5.13 Å². The lowest BCUT2D eigenvalue weighted by Crippen LogP contribution is -2.21. The van der Waals surface area contributed by atoms with Gasteiger partial charge >= 0.3 is 0 Å². The Morgan fingerprint density at radius 1 is 1.67 bits per heavy atom. The quantitative estimate of drug-likeness (QED) is 0.397. The Morgan fingerprint density at radius 2 is 2.33 bits per heavy atom. The molecule has 1 aromatic rings. The Bertz CT molecular complexity index is 268. The van der Waals surface area contributed by atoms with E-state index in [9.17, 15) is 0 Å². The summed E-state index contributed by atoms with van der Waals surface area (Å²) in [6.45, 7) is 0. The standard InChI is InChI=1S/C5H8N4S2.ClH/c6-4(7)9-5-8-3(1-10)2-11-5;/h2,10H,1H2,(H4,6,7,8,9);1H. The second-order valence-electron chi connectivity index (χ2n) is 1.82. The van der Waals surface area contributed by atoms with Crippen molar-refractivity contribution in [1.82, 2.24) is 4.98 Å². The predicted octanol–water partition coefficient (Wildman–Crippen LogP) is 0.900. The maximum atomic E-state index is 5.15. The minimum absolute atomic E-state index is 0. The Hall–Kier alpha value is -0.460. The third kappa shape index (κ3) is 3.29. The second kappa shape index (κ2) is 5.23. The molecule has 0 spiro atoms. The van der Waals surface area contributed by atoms with E-state index >= 15 is 0 Å². The molecule has 0 fully saturated rings. The number of thiazole rings is 1. The van der Waals surface area contributed by atoms with Gasteiger partial charge in [0.2, 0.25) is 5.13 Å². The molecule has 0 saturated carbocycles. The average molecular weight is 225 g/mol. The predicted molar refractivity (Wildman–Crippen MR) is 57.5 cm³/mol. The largest absolute Gasteiger partial charge is 0.370 e. The van der Waals surface area contributed by atoms with E-state index in [4.69, 9.17) is 11.5 Å². The van der Waals surface area contributed by atoms with E-state index in [2.05, 4.69) is 22.6 Å². The highest BCUT2D eigenvalue weighted by Gasteiger charge is 1.97. The molecule has 12 heavy (non-hydrogen) atoms. The molecule has 0 saturated heterocycles. The van der Waals surface area contributed by atoms with E-state index in [1.165, 1.54) is 11.3 Å².